The molecule has 0 amide bonds. The van der Waals surface area contributed by atoms with Gasteiger partial charge in [-0.15, -0.1) is 0 Å². The predicted octanol–water partition coefficient (Wildman–Crippen LogP) is 11.0. The lowest BCUT2D eigenvalue weighted by atomic mass is 9.99. The van der Waals surface area contributed by atoms with E-state index in [4.69, 9.17) is 19.4 Å². The van der Waals surface area contributed by atoms with E-state index in [9.17, 15) is 0 Å². The van der Waals surface area contributed by atoms with Gasteiger partial charge in [0.1, 0.15) is 11.2 Å². The molecule has 0 N–H and O–H groups in total. The van der Waals surface area contributed by atoms with Crippen LogP contribution in [-0.4, -0.2) is 19.5 Å². The van der Waals surface area contributed by atoms with Gasteiger partial charge in [0.2, 0.25) is 5.95 Å². The van der Waals surface area contributed by atoms with Crippen LogP contribution in [0.25, 0.3) is 94.4 Å². The monoisotopic (exact) mass is 614 g/mol. The number of hydrogen-bond acceptors (Lipinski definition) is 4. The van der Waals surface area contributed by atoms with Gasteiger partial charge in [-0.05, 0) is 58.3 Å². The minimum absolute atomic E-state index is 0.556. The van der Waals surface area contributed by atoms with Crippen molar-refractivity contribution >= 4 is 54.5 Å². The maximum absolute atomic E-state index is 6.61. The Morgan fingerprint density at radius 1 is 0.417 bits per heavy atom. The zero-order valence-corrected chi connectivity index (χ0v) is 25.7. The Morgan fingerprint density at radius 2 is 1.06 bits per heavy atom. The summed E-state index contributed by atoms with van der Waals surface area (Å²) >= 11 is 0. The van der Waals surface area contributed by atoms with Crippen molar-refractivity contribution in [1.29, 1.82) is 0 Å². The molecule has 7 aromatic carbocycles. The first-order valence-corrected chi connectivity index (χ1v) is 16.0. The third kappa shape index (κ3) is 4.15. The number of benzene rings is 7. The number of rotatable bonds is 4. The second-order valence-corrected chi connectivity index (χ2v) is 12.1. The van der Waals surface area contributed by atoms with Gasteiger partial charge in [0.05, 0.1) is 16.6 Å². The topological polar surface area (TPSA) is 56.7 Å². The lowest BCUT2D eigenvalue weighted by Gasteiger charge is -2.11. The van der Waals surface area contributed by atoms with E-state index >= 15 is 0 Å². The van der Waals surface area contributed by atoms with Crippen LogP contribution in [0.1, 0.15) is 0 Å². The van der Waals surface area contributed by atoms with E-state index < -0.39 is 0 Å². The molecule has 10 rings (SSSR count). The predicted molar refractivity (Wildman–Crippen MR) is 195 cm³/mol. The average molecular weight is 615 g/mol. The van der Waals surface area contributed by atoms with E-state index in [0.29, 0.717) is 17.6 Å². The van der Waals surface area contributed by atoms with Gasteiger partial charge in [-0.2, -0.15) is 9.97 Å². The Morgan fingerprint density at radius 3 is 1.88 bits per heavy atom. The smallest absolute Gasteiger partial charge is 0.238 e. The van der Waals surface area contributed by atoms with Gasteiger partial charge in [-0.1, -0.05) is 121 Å². The summed E-state index contributed by atoms with van der Waals surface area (Å²) in [4.78, 5) is 15.3. The first kappa shape index (κ1) is 26.6. The summed E-state index contributed by atoms with van der Waals surface area (Å²) in [5, 5.41) is 6.82. The van der Waals surface area contributed by atoms with Crippen molar-refractivity contribution in [3.05, 3.63) is 158 Å². The number of fused-ring (bicyclic) bond motifs is 7. The minimum atomic E-state index is 0.556. The number of para-hydroxylation sites is 3. The summed E-state index contributed by atoms with van der Waals surface area (Å²) in [5.41, 5.74) is 7.69. The highest BCUT2D eigenvalue weighted by atomic mass is 16.3. The van der Waals surface area contributed by atoms with Gasteiger partial charge in [-0.25, -0.2) is 4.98 Å². The molecule has 0 saturated heterocycles. The van der Waals surface area contributed by atoms with E-state index in [-0.39, 0.29) is 0 Å². The van der Waals surface area contributed by atoms with E-state index in [1.165, 1.54) is 16.3 Å². The van der Waals surface area contributed by atoms with Gasteiger partial charge < -0.3 is 4.42 Å². The Bertz CT molecular complexity index is 2800. The normalized spacial score (nSPS) is 11.8. The van der Waals surface area contributed by atoms with Gasteiger partial charge in [0.15, 0.2) is 11.6 Å². The van der Waals surface area contributed by atoms with Gasteiger partial charge >= 0.3 is 0 Å². The summed E-state index contributed by atoms with van der Waals surface area (Å²) < 4.78 is 8.74. The van der Waals surface area contributed by atoms with Crippen LogP contribution in [0, 0.1) is 0 Å². The maximum Gasteiger partial charge on any atom is 0.238 e. The molecule has 0 fully saturated rings. The molecule has 0 saturated carbocycles. The molecule has 5 heteroatoms. The summed E-state index contributed by atoms with van der Waals surface area (Å²) in [5.74, 6) is 1.72. The molecular formula is C43H26N4O. The zero-order valence-electron chi connectivity index (χ0n) is 25.7. The lowest BCUT2D eigenvalue weighted by Crippen LogP contribution is -2.06. The Kier molecular flexibility index (Phi) is 5.81. The Balaban J connectivity index is 1.20. The third-order valence-electron chi connectivity index (χ3n) is 9.26. The third-order valence-corrected chi connectivity index (χ3v) is 9.26. The molecule has 224 valence electrons. The van der Waals surface area contributed by atoms with Crippen LogP contribution >= 0.6 is 0 Å². The van der Waals surface area contributed by atoms with Crippen LogP contribution in [-0.2, 0) is 0 Å². The number of aromatic nitrogens is 4. The van der Waals surface area contributed by atoms with Crippen LogP contribution < -0.4 is 0 Å². The van der Waals surface area contributed by atoms with Crippen molar-refractivity contribution < 1.29 is 4.42 Å². The summed E-state index contributed by atoms with van der Waals surface area (Å²) in [6.45, 7) is 0. The molecule has 0 aliphatic rings. The molecular weight excluding hydrogens is 589 g/mol. The minimum Gasteiger partial charge on any atom is -0.455 e. The van der Waals surface area contributed by atoms with E-state index in [1.807, 2.05) is 36.4 Å². The van der Waals surface area contributed by atoms with E-state index in [0.717, 1.165) is 60.4 Å². The molecule has 0 bridgehead atoms. The fourth-order valence-corrected chi connectivity index (χ4v) is 6.96. The van der Waals surface area contributed by atoms with Crippen LogP contribution in [0.3, 0.4) is 0 Å². The molecule has 48 heavy (non-hydrogen) atoms. The number of furan rings is 1. The molecule has 0 atom stereocenters. The Labute approximate surface area is 275 Å². The van der Waals surface area contributed by atoms with Crippen molar-refractivity contribution in [2.24, 2.45) is 0 Å². The van der Waals surface area contributed by atoms with E-state index in [2.05, 4.69) is 126 Å². The Hall–Kier alpha value is -6.59. The van der Waals surface area contributed by atoms with Crippen molar-refractivity contribution in [2.45, 2.75) is 0 Å². The highest BCUT2D eigenvalue weighted by molar-refractivity contribution is 6.11. The molecule has 10 aromatic rings. The molecule has 3 heterocycles. The maximum atomic E-state index is 6.61. The van der Waals surface area contributed by atoms with Crippen LogP contribution in [0.15, 0.2) is 162 Å². The lowest BCUT2D eigenvalue weighted by molar-refractivity contribution is 0.669. The highest BCUT2D eigenvalue weighted by Crippen LogP contribution is 2.38. The molecule has 0 aliphatic heterocycles. The van der Waals surface area contributed by atoms with Crippen molar-refractivity contribution in [2.75, 3.05) is 0 Å². The quantitative estimate of drug-likeness (QED) is 0.198. The second-order valence-electron chi connectivity index (χ2n) is 12.1. The van der Waals surface area contributed by atoms with Crippen LogP contribution in [0.2, 0.25) is 0 Å². The summed E-state index contributed by atoms with van der Waals surface area (Å²) in [6, 6.07) is 54.6. The standard InChI is InChI=1S/C43H26N4O/c1-2-12-28(13-3-1)41-44-42(46-43(45-41)47-37-19-8-6-15-32(37)33-16-7-9-20-38(33)47)35-18-10-17-34-36-26-31(23-24-39(36)48-40(34)35)30-22-21-27-11-4-5-14-29(27)25-30/h1-26H. The van der Waals surface area contributed by atoms with Gasteiger partial charge in [0, 0.05) is 27.1 Å². The number of hydrogen-bond donors (Lipinski definition) is 0. The molecule has 0 spiro atoms. The fourth-order valence-electron chi connectivity index (χ4n) is 6.96. The average Bonchev–Trinajstić information content (AvgIpc) is 3.70. The molecule has 5 nitrogen and oxygen atoms in total. The fraction of sp³-hybridized carbons (Fsp3) is 0. The molecule has 0 radical (unpaired) electrons. The van der Waals surface area contributed by atoms with Crippen molar-refractivity contribution in [3.63, 3.8) is 0 Å². The van der Waals surface area contributed by atoms with Crippen LogP contribution in [0.4, 0.5) is 0 Å². The SMILES string of the molecule is c1ccc(-c2nc(-c3cccc4c3oc3ccc(-c5ccc6ccccc6c5)cc34)nc(-n3c4ccccc4c4ccccc43)n2)cc1. The van der Waals surface area contributed by atoms with Crippen LogP contribution in [0.5, 0.6) is 0 Å². The number of nitrogens with zero attached hydrogens (tertiary/aromatic N) is 4. The first-order valence-electron chi connectivity index (χ1n) is 16.0. The zero-order chi connectivity index (χ0) is 31.6. The van der Waals surface area contributed by atoms with Crippen molar-refractivity contribution in [1.82, 2.24) is 19.5 Å². The molecule has 3 aromatic heterocycles. The highest BCUT2D eigenvalue weighted by Gasteiger charge is 2.20. The molecule has 0 aliphatic carbocycles. The molecule has 0 unspecified atom stereocenters. The van der Waals surface area contributed by atoms with Crippen molar-refractivity contribution in [3.8, 4) is 39.9 Å². The second kappa shape index (κ2) is 10.5. The largest absolute Gasteiger partial charge is 0.455 e. The van der Waals surface area contributed by atoms with E-state index in [1.54, 1.807) is 0 Å². The summed E-state index contributed by atoms with van der Waals surface area (Å²) in [6.07, 6.45) is 0. The first-order chi connectivity index (χ1) is 23.8. The summed E-state index contributed by atoms with van der Waals surface area (Å²) in [7, 11) is 0. The van der Waals surface area contributed by atoms with Gasteiger partial charge in [0.25, 0.3) is 0 Å². The van der Waals surface area contributed by atoms with Gasteiger partial charge in [-0.3, -0.25) is 4.57 Å².